The molecule has 0 bridgehead atoms. The standard InChI is InChI=1S/C11H10F3N/c1-8(6-7-15)9-2-4-10(5-3-9)11(12,13)14/h2-5,8H,6H2,1H3. The monoisotopic (exact) mass is 213 g/mol. The van der Waals surface area contributed by atoms with Gasteiger partial charge in [0.2, 0.25) is 0 Å². The van der Waals surface area contributed by atoms with E-state index in [1.54, 1.807) is 0 Å². The molecule has 0 heterocycles. The van der Waals surface area contributed by atoms with E-state index in [9.17, 15) is 13.2 Å². The molecule has 0 spiro atoms. The largest absolute Gasteiger partial charge is 0.416 e. The Morgan fingerprint density at radius 3 is 2.20 bits per heavy atom. The van der Waals surface area contributed by atoms with Gasteiger partial charge in [-0.2, -0.15) is 18.4 Å². The van der Waals surface area contributed by atoms with E-state index < -0.39 is 11.7 Å². The highest BCUT2D eigenvalue weighted by atomic mass is 19.4. The Morgan fingerprint density at radius 1 is 1.27 bits per heavy atom. The Bertz CT molecular complexity index is 359. The van der Waals surface area contributed by atoms with E-state index in [2.05, 4.69) is 0 Å². The minimum Gasteiger partial charge on any atom is -0.198 e. The molecule has 1 nitrogen and oxygen atoms in total. The first kappa shape index (κ1) is 11.6. The van der Waals surface area contributed by atoms with Crippen molar-refractivity contribution in [1.82, 2.24) is 0 Å². The van der Waals surface area contributed by atoms with Crippen LogP contribution in [0.5, 0.6) is 0 Å². The number of nitrogens with zero attached hydrogens (tertiary/aromatic N) is 1. The molecule has 0 fully saturated rings. The van der Waals surface area contributed by atoms with E-state index >= 15 is 0 Å². The topological polar surface area (TPSA) is 23.8 Å². The van der Waals surface area contributed by atoms with Crippen LogP contribution < -0.4 is 0 Å². The molecule has 1 rings (SSSR count). The molecule has 0 aliphatic rings. The van der Waals surface area contributed by atoms with Crippen molar-refractivity contribution in [2.45, 2.75) is 25.4 Å². The molecule has 0 saturated heterocycles. The van der Waals surface area contributed by atoms with Gasteiger partial charge in [-0.05, 0) is 23.6 Å². The SMILES string of the molecule is CC(CC#N)c1ccc(C(F)(F)F)cc1. The minimum absolute atomic E-state index is 0.0303. The maximum atomic E-state index is 12.2. The zero-order chi connectivity index (χ0) is 11.5. The molecule has 15 heavy (non-hydrogen) atoms. The Hall–Kier alpha value is -1.50. The highest BCUT2D eigenvalue weighted by molar-refractivity contribution is 5.27. The van der Waals surface area contributed by atoms with Gasteiger partial charge in [-0.25, -0.2) is 0 Å². The van der Waals surface area contributed by atoms with Crippen LogP contribution in [0, 0.1) is 11.3 Å². The lowest BCUT2D eigenvalue weighted by Gasteiger charge is -2.10. The maximum absolute atomic E-state index is 12.2. The van der Waals surface area contributed by atoms with Crippen LogP contribution in [-0.2, 0) is 6.18 Å². The van der Waals surface area contributed by atoms with Gasteiger partial charge in [0.05, 0.1) is 11.6 Å². The van der Waals surface area contributed by atoms with E-state index in [0.29, 0.717) is 6.42 Å². The fourth-order valence-electron chi connectivity index (χ4n) is 1.26. The highest BCUT2D eigenvalue weighted by Gasteiger charge is 2.30. The summed E-state index contributed by atoms with van der Waals surface area (Å²) in [5.74, 6) is -0.0303. The van der Waals surface area contributed by atoms with Gasteiger partial charge in [0.1, 0.15) is 0 Å². The van der Waals surface area contributed by atoms with Crippen LogP contribution in [0.2, 0.25) is 0 Å². The third-order valence-electron chi connectivity index (χ3n) is 2.20. The van der Waals surface area contributed by atoms with Crippen molar-refractivity contribution in [2.24, 2.45) is 0 Å². The molecule has 0 aromatic heterocycles. The number of nitriles is 1. The molecular weight excluding hydrogens is 203 g/mol. The van der Waals surface area contributed by atoms with E-state index in [0.717, 1.165) is 17.7 Å². The predicted octanol–water partition coefficient (Wildman–Crippen LogP) is 3.72. The Morgan fingerprint density at radius 2 is 1.80 bits per heavy atom. The fraction of sp³-hybridized carbons (Fsp3) is 0.364. The number of hydrogen-bond acceptors (Lipinski definition) is 1. The average Bonchev–Trinajstić information content (AvgIpc) is 2.17. The summed E-state index contributed by atoms with van der Waals surface area (Å²) < 4.78 is 36.6. The predicted molar refractivity (Wildman–Crippen MR) is 50.1 cm³/mol. The zero-order valence-electron chi connectivity index (χ0n) is 8.17. The van der Waals surface area contributed by atoms with Crippen molar-refractivity contribution in [3.63, 3.8) is 0 Å². The van der Waals surface area contributed by atoms with E-state index in [1.165, 1.54) is 12.1 Å². The molecule has 80 valence electrons. The van der Waals surface area contributed by atoms with E-state index in [-0.39, 0.29) is 5.92 Å². The molecule has 4 heteroatoms. The first-order valence-corrected chi connectivity index (χ1v) is 4.49. The van der Waals surface area contributed by atoms with Crippen LogP contribution >= 0.6 is 0 Å². The van der Waals surface area contributed by atoms with Gasteiger partial charge in [0.15, 0.2) is 0 Å². The van der Waals surface area contributed by atoms with Crippen LogP contribution in [0.4, 0.5) is 13.2 Å². The first-order valence-electron chi connectivity index (χ1n) is 4.49. The van der Waals surface area contributed by atoms with Gasteiger partial charge < -0.3 is 0 Å². The van der Waals surface area contributed by atoms with Crippen molar-refractivity contribution in [3.05, 3.63) is 35.4 Å². The van der Waals surface area contributed by atoms with Crippen LogP contribution in [0.1, 0.15) is 30.4 Å². The number of hydrogen-bond donors (Lipinski definition) is 0. The van der Waals surface area contributed by atoms with Crippen molar-refractivity contribution in [1.29, 1.82) is 5.26 Å². The normalized spacial score (nSPS) is 13.3. The zero-order valence-corrected chi connectivity index (χ0v) is 8.17. The van der Waals surface area contributed by atoms with E-state index in [1.807, 2.05) is 13.0 Å². The molecule has 1 aromatic rings. The molecule has 0 aliphatic carbocycles. The smallest absolute Gasteiger partial charge is 0.198 e. The van der Waals surface area contributed by atoms with Crippen LogP contribution in [-0.4, -0.2) is 0 Å². The van der Waals surface area contributed by atoms with Crippen LogP contribution in [0.15, 0.2) is 24.3 Å². The van der Waals surface area contributed by atoms with Crippen molar-refractivity contribution in [2.75, 3.05) is 0 Å². The maximum Gasteiger partial charge on any atom is 0.416 e. The summed E-state index contributed by atoms with van der Waals surface area (Å²) in [6.07, 6.45) is -3.98. The third kappa shape index (κ3) is 2.98. The number of alkyl halides is 3. The first-order chi connectivity index (χ1) is 6.95. The quantitative estimate of drug-likeness (QED) is 0.734. The number of benzene rings is 1. The Kier molecular flexibility index (Phi) is 3.35. The summed E-state index contributed by atoms with van der Waals surface area (Å²) in [7, 11) is 0. The molecule has 1 aromatic carbocycles. The van der Waals surface area contributed by atoms with Gasteiger partial charge in [-0.15, -0.1) is 0 Å². The molecule has 1 atom stereocenters. The van der Waals surface area contributed by atoms with Crippen molar-refractivity contribution >= 4 is 0 Å². The van der Waals surface area contributed by atoms with Crippen LogP contribution in [0.3, 0.4) is 0 Å². The second-order valence-corrected chi connectivity index (χ2v) is 3.38. The lowest BCUT2D eigenvalue weighted by Crippen LogP contribution is -2.04. The summed E-state index contributed by atoms with van der Waals surface area (Å²) in [5.41, 5.74) is 0.0972. The van der Waals surface area contributed by atoms with Gasteiger partial charge in [-0.3, -0.25) is 0 Å². The second kappa shape index (κ2) is 4.35. The molecule has 0 saturated carbocycles. The number of rotatable bonds is 2. The molecule has 0 radical (unpaired) electrons. The summed E-state index contributed by atoms with van der Waals surface area (Å²) in [6, 6.07) is 6.92. The average molecular weight is 213 g/mol. The number of halogens is 3. The van der Waals surface area contributed by atoms with Crippen molar-refractivity contribution in [3.8, 4) is 6.07 Å². The van der Waals surface area contributed by atoms with Crippen molar-refractivity contribution < 1.29 is 13.2 Å². The fourth-order valence-corrected chi connectivity index (χ4v) is 1.26. The van der Waals surface area contributed by atoms with Crippen LogP contribution in [0.25, 0.3) is 0 Å². The molecule has 1 unspecified atom stereocenters. The van der Waals surface area contributed by atoms with Gasteiger partial charge >= 0.3 is 6.18 Å². The molecular formula is C11H10F3N. The molecule has 0 N–H and O–H groups in total. The summed E-state index contributed by atoms with van der Waals surface area (Å²) in [5, 5.41) is 8.45. The summed E-state index contributed by atoms with van der Waals surface area (Å²) in [6.45, 7) is 1.81. The Balaban J connectivity index is 2.87. The molecule has 0 aliphatic heterocycles. The van der Waals surface area contributed by atoms with Gasteiger partial charge in [0, 0.05) is 6.42 Å². The molecule has 0 amide bonds. The lowest BCUT2D eigenvalue weighted by molar-refractivity contribution is -0.137. The second-order valence-electron chi connectivity index (χ2n) is 3.38. The van der Waals surface area contributed by atoms with E-state index in [4.69, 9.17) is 5.26 Å². The minimum atomic E-state index is -4.29. The van der Waals surface area contributed by atoms with Gasteiger partial charge in [-0.1, -0.05) is 19.1 Å². The van der Waals surface area contributed by atoms with Gasteiger partial charge in [0.25, 0.3) is 0 Å². The third-order valence-corrected chi connectivity index (χ3v) is 2.20. The summed E-state index contributed by atoms with van der Waals surface area (Å²) >= 11 is 0. The summed E-state index contributed by atoms with van der Waals surface area (Å²) in [4.78, 5) is 0. The Labute approximate surface area is 86.1 Å². The lowest BCUT2D eigenvalue weighted by atomic mass is 9.97. The highest BCUT2D eigenvalue weighted by Crippen LogP contribution is 2.30.